The summed E-state index contributed by atoms with van der Waals surface area (Å²) in [4.78, 5) is 24.0. The summed E-state index contributed by atoms with van der Waals surface area (Å²) in [5.41, 5.74) is 5.05. The molecule has 0 saturated heterocycles. The minimum atomic E-state index is -0.227. The third-order valence-electron chi connectivity index (χ3n) is 2.76. The molecular formula is C15H14BrN2O2+. The molecule has 0 unspecified atom stereocenters. The highest BCUT2D eigenvalue weighted by Crippen LogP contribution is 2.23. The first-order chi connectivity index (χ1) is 9.61. The molecule has 2 aromatic carbocycles. The lowest BCUT2D eigenvalue weighted by Crippen LogP contribution is -2.55. The van der Waals surface area contributed by atoms with Crippen LogP contribution in [0.5, 0.6) is 0 Å². The van der Waals surface area contributed by atoms with Crippen molar-refractivity contribution < 1.29 is 15.3 Å². The number of rotatable bonds is 4. The molecule has 0 atom stereocenters. The van der Waals surface area contributed by atoms with Crippen LogP contribution < -0.4 is 11.1 Å². The van der Waals surface area contributed by atoms with Gasteiger partial charge in [-0.2, -0.15) is 0 Å². The number of halogens is 1. The number of quaternary nitrogens is 1. The molecule has 0 aliphatic heterocycles. The molecule has 2 aromatic rings. The van der Waals surface area contributed by atoms with Crippen molar-refractivity contribution in [3.63, 3.8) is 0 Å². The maximum absolute atomic E-state index is 12.5. The molecule has 2 rings (SSSR count). The molecule has 0 saturated carbocycles. The predicted octanol–water partition coefficient (Wildman–Crippen LogP) is 1.86. The van der Waals surface area contributed by atoms with E-state index < -0.39 is 0 Å². The number of ketones is 1. The molecular weight excluding hydrogens is 320 g/mol. The molecule has 0 aromatic heterocycles. The minimum Gasteiger partial charge on any atom is -0.350 e. The van der Waals surface area contributed by atoms with Gasteiger partial charge in [-0.3, -0.25) is 9.59 Å². The topological polar surface area (TPSA) is 73.8 Å². The molecule has 0 aliphatic carbocycles. The fourth-order valence-corrected chi connectivity index (χ4v) is 2.13. The first kappa shape index (κ1) is 14.4. The van der Waals surface area contributed by atoms with Crippen molar-refractivity contribution in [3.8, 4) is 0 Å². The van der Waals surface area contributed by atoms with Crippen LogP contribution in [0.1, 0.15) is 15.9 Å². The van der Waals surface area contributed by atoms with E-state index in [0.717, 1.165) is 4.47 Å². The van der Waals surface area contributed by atoms with Crippen LogP contribution in [0.25, 0.3) is 0 Å². The van der Waals surface area contributed by atoms with E-state index in [0.29, 0.717) is 16.8 Å². The summed E-state index contributed by atoms with van der Waals surface area (Å²) < 4.78 is 0.782. The van der Waals surface area contributed by atoms with Gasteiger partial charge in [-0.25, -0.2) is 0 Å². The van der Waals surface area contributed by atoms with Gasteiger partial charge in [0.05, 0.1) is 5.69 Å². The standard InChI is InChI=1S/C15H13BrN2O2/c16-11-6-7-13(18-14(19)9-17)12(8-11)15(20)10-4-2-1-3-5-10/h1-8H,9,17H2,(H,18,19)/p+1. The lowest BCUT2D eigenvalue weighted by Gasteiger charge is -2.10. The van der Waals surface area contributed by atoms with E-state index in [4.69, 9.17) is 0 Å². The zero-order valence-electron chi connectivity index (χ0n) is 10.7. The third-order valence-corrected chi connectivity index (χ3v) is 3.26. The van der Waals surface area contributed by atoms with E-state index in [2.05, 4.69) is 27.0 Å². The van der Waals surface area contributed by atoms with Crippen molar-refractivity contribution in [2.75, 3.05) is 11.9 Å². The number of carbonyl (C=O) groups is 2. The van der Waals surface area contributed by atoms with Gasteiger partial charge in [0.2, 0.25) is 0 Å². The molecule has 102 valence electrons. The van der Waals surface area contributed by atoms with Crippen molar-refractivity contribution >= 4 is 33.3 Å². The van der Waals surface area contributed by atoms with Crippen LogP contribution in [0, 0.1) is 0 Å². The normalized spacial score (nSPS) is 10.1. The highest BCUT2D eigenvalue weighted by molar-refractivity contribution is 9.10. The van der Waals surface area contributed by atoms with Gasteiger partial charge >= 0.3 is 0 Å². The Bertz CT molecular complexity index is 642. The summed E-state index contributed by atoms with van der Waals surface area (Å²) in [7, 11) is 0. The molecule has 4 nitrogen and oxygen atoms in total. The van der Waals surface area contributed by atoms with E-state index >= 15 is 0 Å². The monoisotopic (exact) mass is 333 g/mol. The maximum atomic E-state index is 12.5. The fraction of sp³-hybridized carbons (Fsp3) is 0.0667. The van der Waals surface area contributed by atoms with Crippen LogP contribution in [-0.4, -0.2) is 18.2 Å². The van der Waals surface area contributed by atoms with E-state index in [1.54, 1.807) is 42.5 Å². The van der Waals surface area contributed by atoms with Gasteiger partial charge < -0.3 is 11.1 Å². The number of hydrogen-bond donors (Lipinski definition) is 2. The summed E-state index contributed by atoms with van der Waals surface area (Å²) in [5.74, 6) is -0.360. The van der Waals surface area contributed by atoms with E-state index in [1.807, 2.05) is 6.07 Å². The first-order valence-electron chi connectivity index (χ1n) is 6.10. The second-order valence-corrected chi connectivity index (χ2v) is 5.10. The zero-order valence-corrected chi connectivity index (χ0v) is 12.3. The highest BCUT2D eigenvalue weighted by atomic mass is 79.9. The molecule has 0 fully saturated rings. The van der Waals surface area contributed by atoms with Crippen molar-refractivity contribution in [1.29, 1.82) is 0 Å². The van der Waals surface area contributed by atoms with Crippen molar-refractivity contribution in [2.24, 2.45) is 0 Å². The molecule has 1 amide bonds. The Balaban J connectivity index is 2.41. The fourth-order valence-electron chi connectivity index (χ4n) is 1.77. The van der Waals surface area contributed by atoms with Crippen molar-refractivity contribution in [3.05, 3.63) is 64.1 Å². The van der Waals surface area contributed by atoms with Gasteiger partial charge in [0.25, 0.3) is 5.91 Å². The third kappa shape index (κ3) is 3.31. The highest BCUT2D eigenvalue weighted by Gasteiger charge is 2.15. The van der Waals surface area contributed by atoms with Crippen LogP contribution in [0.2, 0.25) is 0 Å². The summed E-state index contributed by atoms with van der Waals surface area (Å²) in [5, 5.41) is 2.69. The van der Waals surface area contributed by atoms with Gasteiger partial charge in [0.15, 0.2) is 12.3 Å². The van der Waals surface area contributed by atoms with Gasteiger partial charge in [-0.1, -0.05) is 46.3 Å². The molecule has 20 heavy (non-hydrogen) atoms. The first-order valence-corrected chi connectivity index (χ1v) is 6.89. The molecule has 0 spiro atoms. The number of anilines is 1. The van der Waals surface area contributed by atoms with Crippen molar-refractivity contribution in [2.45, 2.75) is 0 Å². The van der Waals surface area contributed by atoms with Crippen LogP contribution in [0.3, 0.4) is 0 Å². The SMILES string of the molecule is [NH3+]CC(=O)Nc1ccc(Br)cc1C(=O)c1ccccc1. The maximum Gasteiger partial charge on any atom is 0.279 e. The molecule has 5 heteroatoms. The second kappa shape index (κ2) is 6.45. The average Bonchev–Trinajstić information content (AvgIpc) is 2.49. The van der Waals surface area contributed by atoms with Crippen LogP contribution in [-0.2, 0) is 4.79 Å². The quantitative estimate of drug-likeness (QED) is 0.838. The Kier molecular flexibility index (Phi) is 4.65. The number of carbonyl (C=O) groups excluding carboxylic acids is 2. The summed E-state index contributed by atoms with van der Waals surface area (Å²) >= 11 is 3.34. The lowest BCUT2D eigenvalue weighted by atomic mass is 10.0. The van der Waals surface area contributed by atoms with E-state index in [9.17, 15) is 9.59 Å². The van der Waals surface area contributed by atoms with Crippen LogP contribution >= 0.6 is 15.9 Å². The molecule has 0 radical (unpaired) electrons. The Morgan fingerprint density at radius 2 is 1.80 bits per heavy atom. The second-order valence-electron chi connectivity index (χ2n) is 4.18. The minimum absolute atomic E-state index is 0.120. The van der Waals surface area contributed by atoms with Gasteiger partial charge in [0.1, 0.15) is 0 Å². The molecule has 4 N–H and O–H groups in total. The summed E-state index contributed by atoms with van der Waals surface area (Å²) in [6.45, 7) is 0.120. The number of hydrogen-bond acceptors (Lipinski definition) is 2. The number of benzene rings is 2. The van der Waals surface area contributed by atoms with Crippen LogP contribution in [0.4, 0.5) is 5.69 Å². The average molecular weight is 334 g/mol. The molecule has 0 heterocycles. The Labute approximate surface area is 125 Å². The van der Waals surface area contributed by atoms with E-state index in [-0.39, 0.29) is 18.2 Å². The van der Waals surface area contributed by atoms with Gasteiger partial charge in [-0.15, -0.1) is 0 Å². The Morgan fingerprint density at radius 3 is 2.45 bits per heavy atom. The lowest BCUT2D eigenvalue weighted by molar-refractivity contribution is -0.353. The molecule has 0 aliphatic rings. The predicted molar refractivity (Wildman–Crippen MR) is 80.4 cm³/mol. The van der Waals surface area contributed by atoms with E-state index in [1.165, 1.54) is 0 Å². The smallest absolute Gasteiger partial charge is 0.279 e. The largest absolute Gasteiger partial charge is 0.350 e. The van der Waals surface area contributed by atoms with Gasteiger partial charge in [0, 0.05) is 15.6 Å². The van der Waals surface area contributed by atoms with Crippen molar-refractivity contribution in [1.82, 2.24) is 0 Å². The summed E-state index contributed by atoms with van der Waals surface area (Å²) in [6.07, 6.45) is 0. The summed E-state index contributed by atoms with van der Waals surface area (Å²) in [6, 6.07) is 14.1. The zero-order chi connectivity index (χ0) is 14.5. The number of amides is 1. The van der Waals surface area contributed by atoms with Gasteiger partial charge in [-0.05, 0) is 18.2 Å². The van der Waals surface area contributed by atoms with Crippen LogP contribution in [0.15, 0.2) is 53.0 Å². The number of nitrogens with one attached hydrogen (secondary N) is 1. The Morgan fingerprint density at radius 1 is 1.10 bits per heavy atom. The Hall–Kier alpha value is -1.98. The molecule has 0 bridgehead atoms.